The SMILES string of the molecule is NC(=O)CN1CCC(NS(=O)(=O)c2cc(Cl)cc(Cl)c2)CC1. The number of likely N-dealkylation sites (tertiary alicyclic amines) is 1. The van der Waals surface area contributed by atoms with Crippen LogP contribution in [0.2, 0.25) is 10.0 Å². The second-order valence-electron chi connectivity index (χ2n) is 5.24. The third kappa shape index (κ3) is 4.82. The molecule has 2 rings (SSSR count). The molecule has 0 unspecified atom stereocenters. The van der Waals surface area contributed by atoms with Crippen LogP contribution < -0.4 is 10.5 Å². The van der Waals surface area contributed by atoms with Crippen LogP contribution in [0.1, 0.15) is 12.8 Å². The van der Waals surface area contributed by atoms with Gasteiger partial charge >= 0.3 is 0 Å². The molecule has 1 saturated heterocycles. The summed E-state index contributed by atoms with van der Waals surface area (Å²) in [5, 5.41) is 0.535. The number of nitrogens with one attached hydrogen (secondary N) is 1. The van der Waals surface area contributed by atoms with Gasteiger partial charge in [0, 0.05) is 29.2 Å². The number of hydrogen-bond acceptors (Lipinski definition) is 4. The molecule has 0 aliphatic carbocycles. The van der Waals surface area contributed by atoms with Crippen molar-refractivity contribution in [1.82, 2.24) is 9.62 Å². The smallest absolute Gasteiger partial charge is 0.240 e. The maximum absolute atomic E-state index is 12.3. The van der Waals surface area contributed by atoms with E-state index in [4.69, 9.17) is 28.9 Å². The third-order valence-electron chi connectivity index (χ3n) is 3.44. The molecule has 122 valence electrons. The summed E-state index contributed by atoms with van der Waals surface area (Å²) in [4.78, 5) is 12.8. The summed E-state index contributed by atoms with van der Waals surface area (Å²) in [7, 11) is -3.67. The summed E-state index contributed by atoms with van der Waals surface area (Å²) in [6, 6.07) is 4.01. The standard InChI is InChI=1S/C13H17Cl2N3O3S/c14-9-5-10(15)7-12(6-9)22(20,21)17-11-1-3-18(4-2-11)8-13(16)19/h5-7,11,17H,1-4,8H2,(H2,16,19). The van der Waals surface area contributed by atoms with E-state index in [1.54, 1.807) is 0 Å². The van der Waals surface area contributed by atoms with Crippen molar-refractivity contribution in [2.75, 3.05) is 19.6 Å². The number of sulfonamides is 1. The van der Waals surface area contributed by atoms with Gasteiger partial charge in [-0.2, -0.15) is 0 Å². The maximum Gasteiger partial charge on any atom is 0.240 e. The first-order valence-corrected chi connectivity index (χ1v) is 8.99. The number of amides is 1. The molecule has 0 aromatic heterocycles. The van der Waals surface area contributed by atoms with Gasteiger partial charge in [0.1, 0.15) is 0 Å². The molecule has 9 heteroatoms. The number of carbonyl (C=O) groups is 1. The minimum absolute atomic E-state index is 0.0459. The largest absolute Gasteiger partial charge is 0.369 e. The van der Waals surface area contributed by atoms with E-state index in [9.17, 15) is 13.2 Å². The number of halogens is 2. The van der Waals surface area contributed by atoms with Crippen molar-refractivity contribution >= 4 is 39.1 Å². The van der Waals surface area contributed by atoms with Gasteiger partial charge in [-0.3, -0.25) is 9.69 Å². The first-order chi connectivity index (χ1) is 10.3. The van der Waals surface area contributed by atoms with Crippen LogP contribution in [0.5, 0.6) is 0 Å². The number of rotatable bonds is 5. The van der Waals surface area contributed by atoms with Crippen molar-refractivity contribution in [3.8, 4) is 0 Å². The number of primary amides is 1. The molecular formula is C13H17Cl2N3O3S. The van der Waals surface area contributed by atoms with E-state index in [-0.39, 0.29) is 33.4 Å². The highest BCUT2D eigenvalue weighted by atomic mass is 35.5. The maximum atomic E-state index is 12.3. The number of carbonyl (C=O) groups excluding carboxylic acids is 1. The lowest BCUT2D eigenvalue weighted by Gasteiger charge is -2.31. The lowest BCUT2D eigenvalue weighted by Crippen LogP contribution is -2.46. The summed E-state index contributed by atoms with van der Waals surface area (Å²) in [5.74, 6) is -0.382. The van der Waals surface area contributed by atoms with Crippen LogP contribution in [0.3, 0.4) is 0 Å². The van der Waals surface area contributed by atoms with Crippen LogP contribution in [0.15, 0.2) is 23.1 Å². The Hall–Kier alpha value is -0.860. The predicted molar refractivity (Wildman–Crippen MR) is 85.4 cm³/mol. The molecule has 1 fully saturated rings. The van der Waals surface area contributed by atoms with Gasteiger partial charge in [0.15, 0.2) is 0 Å². The van der Waals surface area contributed by atoms with Gasteiger partial charge in [0.05, 0.1) is 11.4 Å². The van der Waals surface area contributed by atoms with Crippen LogP contribution in [0.25, 0.3) is 0 Å². The van der Waals surface area contributed by atoms with Gasteiger partial charge in [-0.05, 0) is 31.0 Å². The van der Waals surface area contributed by atoms with Gasteiger partial charge in [0.2, 0.25) is 15.9 Å². The van der Waals surface area contributed by atoms with Crippen LogP contribution in [-0.2, 0) is 14.8 Å². The quantitative estimate of drug-likeness (QED) is 0.820. The topological polar surface area (TPSA) is 92.5 Å². The van der Waals surface area contributed by atoms with Crippen molar-refractivity contribution in [3.05, 3.63) is 28.2 Å². The highest BCUT2D eigenvalue weighted by Gasteiger charge is 2.25. The van der Waals surface area contributed by atoms with Gasteiger partial charge in [-0.25, -0.2) is 13.1 Å². The van der Waals surface area contributed by atoms with E-state index >= 15 is 0 Å². The fourth-order valence-electron chi connectivity index (χ4n) is 2.40. The first-order valence-electron chi connectivity index (χ1n) is 6.75. The van der Waals surface area contributed by atoms with Crippen LogP contribution >= 0.6 is 23.2 Å². The monoisotopic (exact) mass is 365 g/mol. The zero-order chi connectivity index (χ0) is 16.3. The van der Waals surface area contributed by atoms with Crippen molar-refractivity contribution < 1.29 is 13.2 Å². The van der Waals surface area contributed by atoms with Gasteiger partial charge in [0.25, 0.3) is 0 Å². The molecule has 0 atom stereocenters. The summed E-state index contributed by atoms with van der Waals surface area (Å²) < 4.78 is 27.3. The molecule has 1 aromatic rings. The van der Waals surface area contributed by atoms with E-state index in [0.717, 1.165) is 0 Å². The summed E-state index contributed by atoms with van der Waals surface area (Å²) in [5.41, 5.74) is 5.15. The number of nitrogens with two attached hydrogens (primary N) is 1. The molecule has 1 aliphatic heterocycles. The molecule has 0 radical (unpaired) electrons. The van der Waals surface area contributed by atoms with Crippen LogP contribution in [-0.4, -0.2) is 44.9 Å². The number of benzene rings is 1. The molecule has 0 spiro atoms. The second kappa shape index (κ2) is 7.14. The zero-order valence-electron chi connectivity index (χ0n) is 11.8. The molecular weight excluding hydrogens is 349 g/mol. The molecule has 6 nitrogen and oxygen atoms in total. The fraction of sp³-hybridized carbons (Fsp3) is 0.462. The Morgan fingerprint density at radius 1 is 1.23 bits per heavy atom. The zero-order valence-corrected chi connectivity index (χ0v) is 14.1. The Morgan fingerprint density at radius 3 is 2.27 bits per heavy atom. The molecule has 3 N–H and O–H groups in total. The predicted octanol–water partition coefficient (Wildman–Crippen LogP) is 1.22. The van der Waals surface area contributed by atoms with E-state index in [1.807, 2.05) is 4.90 Å². The number of hydrogen-bond donors (Lipinski definition) is 2. The second-order valence-corrected chi connectivity index (χ2v) is 7.83. The van der Waals surface area contributed by atoms with Gasteiger partial charge in [-0.1, -0.05) is 23.2 Å². The molecule has 1 heterocycles. The summed E-state index contributed by atoms with van der Waals surface area (Å²) >= 11 is 11.7. The van der Waals surface area contributed by atoms with E-state index in [2.05, 4.69) is 4.72 Å². The minimum Gasteiger partial charge on any atom is -0.369 e. The van der Waals surface area contributed by atoms with E-state index in [1.165, 1.54) is 18.2 Å². The normalized spacial score (nSPS) is 17.5. The fourth-order valence-corrected chi connectivity index (χ4v) is 4.43. The molecule has 22 heavy (non-hydrogen) atoms. The van der Waals surface area contributed by atoms with E-state index < -0.39 is 10.0 Å². The van der Waals surface area contributed by atoms with Crippen LogP contribution in [0, 0.1) is 0 Å². The Balaban J connectivity index is 2.00. The molecule has 1 aliphatic rings. The molecule has 0 bridgehead atoms. The summed E-state index contributed by atoms with van der Waals surface area (Å²) in [6.07, 6.45) is 1.22. The Kier molecular flexibility index (Phi) is 5.68. The van der Waals surface area contributed by atoms with Crippen molar-refractivity contribution in [1.29, 1.82) is 0 Å². The van der Waals surface area contributed by atoms with E-state index in [0.29, 0.717) is 25.9 Å². The minimum atomic E-state index is -3.67. The molecule has 1 aromatic carbocycles. The number of piperidine rings is 1. The highest BCUT2D eigenvalue weighted by molar-refractivity contribution is 7.89. The Bertz CT molecular complexity index is 638. The van der Waals surface area contributed by atoms with Crippen molar-refractivity contribution in [2.45, 2.75) is 23.8 Å². The Labute approximate surface area is 139 Å². The average Bonchev–Trinajstić information content (AvgIpc) is 2.39. The molecule has 1 amide bonds. The van der Waals surface area contributed by atoms with Crippen molar-refractivity contribution in [2.24, 2.45) is 5.73 Å². The van der Waals surface area contributed by atoms with Crippen molar-refractivity contribution in [3.63, 3.8) is 0 Å². The molecule has 0 saturated carbocycles. The third-order valence-corrected chi connectivity index (χ3v) is 5.37. The first kappa shape index (κ1) is 17.5. The Morgan fingerprint density at radius 2 is 1.77 bits per heavy atom. The number of nitrogens with zero attached hydrogens (tertiary/aromatic N) is 1. The lowest BCUT2D eigenvalue weighted by molar-refractivity contribution is -0.119. The van der Waals surface area contributed by atoms with Gasteiger partial charge < -0.3 is 5.73 Å². The average molecular weight is 366 g/mol. The summed E-state index contributed by atoms with van der Waals surface area (Å²) in [6.45, 7) is 1.43. The highest BCUT2D eigenvalue weighted by Crippen LogP contribution is 2.23. The van der Waals surface area contributed by atoms with Crippen LogP contribution in [0.4, 0.5) is 0 Å². The lowest BCUT2D eigenvalue weighted by atomic mass is 10.1. The van der Waals surface area contributed by atoms with Gasteiger partial charge in [-0.15, -0.1) is 0 Å².